The van der Waals surface area contributed by atoms with Crippen molar-refractivity contribution in [2.75, 3.05) is 5.32 Å². The van der Waals surface area contributed by atoms with E-state index in [1.54, 1.807) is 12.3 Å². The van der Waals surface area contributed by atoms with E-state index < -0.39 is 0 Å². The molecule has 0 unspecified atom stereocenters. The zero-order valence-corrected chi connectivity index (χ0v) is 11.5. The minimum Gasteiger partial charge on any atom is -0.337 e. The summed E-state index contributed by atoms with van der Waals surface area (Å²) < 4.78 is 2.04. The maximum Gasteiger partial charge on any atom is 0.273 e. The Bertz CT molecular complexity index is 756. The molecule has 0 saturated heterocycles. The van der Waals surface area contributed by atoms with E-state index in [0.29, 0.717) is 11.5 Å². The summed E-state index contributed by atoms with van der Waals surface area (Å²) in [6, 6.07) is 9.80. The quantitative estimate of drug-likeness (QED) is 0.767. The lowest BCUT2D eigenvalue weighted by atomic mass is 10.1. The molecule has 0 bridgehead atoms. The standard InChI is InChI=1S/C15H16N4O/c1-3-19-12-7-5-4-6-11(12)10(2)14(19)15(20)17-13-8-9-16-18-13/h4-9H,3H2,1-2H3,(H2,16,17,18,20). The van der Waals surface area contributed by atoms with Gasteiger partial charge in [-0.25, -0.2) is 0 Å². The van der Waals surface area contributed by atoms with E-state index in [1.165, 1.54) is 0 Å². The molecule has 1 amide bonds. The molecule has 0 aliphatic heterocycles. The highest BCUT2D eigenvalue weighted by Crippen LogP contribution is 2.26. The van der Waals surface area contributed by atoms with Crippen molar-refractivity contribution in [3.8, 4) is 0 Å². The van der Waals surface area contributed by atoms with E-state index in [-0.39, 0.29) is 5.91 Å². The maximum absolute atomic E-state index is 12.5. The highest BCUT2D eigenvalue weighted by molar-refractivity contribution is 6.08. The van der Waals surface area contributed by atoms with Crippen LogP contribution in [0.5, 0.6) is 0 Å². The Hall–Kier alpha value is -2.56. The summed E-state index contributed by atoms with van der Waals surface area (Å²) in [4.78, 5) is 12.5. The largest absolute Gasteiger partial charge is 0.337 e. The summed E-state index contributed by atoms with van der Waals surface area (Å²) in [5.74, 6) is 0.479. The number of benzene rings is 1. The fourth-order valence-electron chi connectivity index (χ4n) is 2.60. The van der Waals surface area contributed by atoms with Crippen LogP contribution in [-0.4, -0.2) is 20.7 Å². The predicted molar refractivity (Wildman–Crippen MR) is 78.9 cm³/mol. The molecule has 2 N–H and O–H groups in total. The van der Waals surface area contributed by atoms with Gasteiger partial charge >= 0.3 is 0 Å². The Balaban J connectivity index is 2.10. The van der Waals surface area contributed by atoms with Gasteiger partial charge in [0.2, 0.25) is 0 Å². The lowest BCUT2D eigenvalue weighted by molar-refractivity contribution is 0.101. The first-order chi connectivity index (χ1) is 9.72. The number of carbonyl (C=O) groups is 1. The maximum atomic E-state index is 12.5. The molecule has 0 aliphatic carbocycles. The van der Waals surface area contributed by atoms with Crippen molar-refractivity contribution in [1.29, 1.82) is 0 Å². The molecule has 3 rings (SSSR count). The van der Waals surface area contributed by atoms with Gasteiger partial charge in [0.15, 0.2) is 0 Å². The Labute approximate surface area is 116 Å². The van der Waals surface area contributed by atoms with Crippen molar-refractivity contribution < 1.29 is 4.79 Å². The molecular weight excluding hydrogens is 252 g/mol. The number of aromatic nitrogens is 3. The van der Waals surface area contributed by atoms with Crippen molar-refractivity contribution in [3.63, 3.8) is 0 Å². The number of fused-ring (bicyclic) bond motifs is 1. The van der Waals surface area contributed by atoms with Crippen molar-refractivity contribution in [3.05, 3.63) is 47.8 Å². The van der Waals surface area contributed by atoms with E-state index in [9.17, 15) is 4.79 Å². The molecule has 1 aromatic carbocycles. The van der Waals surface area contributed by atoms with Gasteiger partial charge in [0.1, 0.15) is 11.5 Å². The number of carbonyl (C=O) groups excluding carboxylic acids is 1. The Morgan fingerprint density at radius 1 is 1.35 bits per heavy atom. The second-order valence-electron chi connectivity index (χ2n) is 4.66. The number of rotatable bonds is 3. The number of para-hydroxylation sites is 1. The fraction of sp³-hybridized carbons (Fsp3) is 0.200. The van der Waals surface area contributed by atoms with Gasteiger partial charge in [-0.1, -0.05) is 18.2 Å². The van der Waals surface area contributed by atoms with Gasteiger partial charge in [0.25, 0.3) is 5.91 Å². The first kappa shape index (κ1) is 12.5. The van der Waals surface area contributed by atoms with Crippen molar-refractivity contribution >= 4 is 22.6 Å². The van der Waals surface area contributed by atoms with E-state index in [1.807, 2.05) is 42.7 Å². The molecule has 0 radical (unpaired) electrons. The SMILES string of the molecule is CCn1c(C(=O)Nc2ccn[nH]2)c(C)c2ccccc21. The molecule has 3 aromatic rings. The average Bonchev–Trinajstić information content (AvgIpc) is 3.05. The molecule has 20 heavy (non-hydrogen) atoms. The summed E-state index contributed by atoms with van der Waals surface area (Å²) in [7, 11) is 0. The van der Waals surface area contributed by atoms with Crippen molar-refractivity contribution in [1.82, 2.24) is 14.8 Å². The van der Waals surface area contributed by atoms with E-state index >= 15 is 0 Å². The number of aromatic amines is 1. The Morgan fingerprint density at radius 2 is 2.15 bits per heavy atom. The molecule has 0 fully saturated rings. The fourth-order valence-corrected chi connectivity index (χ4v) is 2.60. The van der Waals surface area contributed by atoms with Crippen LogP contribution in [-0.2, 0) is 6.54 Å². The first-order valence-electron chi connectivity index (χ1n) is 6.61. The molecule has 102 valence electrons. The molecule has 2 heterocycles. The first-order valence-corrected chi connectivity index (χ1v) is 6.61. The number of H-pyrrole nitrogens is 1. The summed E-state index contributed by atoms with van der Waals surface area (Å²) >= 11 is 0. The van der Waals surface area contributed by atoms with Crippen LogP contribution in [0.25, 0.3) is 10.9 Å². The summed E-state index contributed by atoms with van der Waals surface area (Å²) in [5, 5.41) is 10.5. The minimum atomic E-state index is -0.121. The molecule has 0 atom stereocenters. The van der Waals surface area contributed by atoms with Gasteiger partial charge in [0.05, 0.1) is 6.20 Å². The monoisotopic (exact) mass is 268 g/mol. The number of hydrogen-bond acceptors (Lipinski definition) is 2. The van der Waals surface area contributed by atoms with Crippen LogP contribution in [0.3, 0.4) is 0 Å². The van der Waals surface area contributed by atoms with Crippen LogP contribution in [0.4, 0.5) is 5.82 Å². The number of amides is 1. The van der Waals surface area contributed by atoms with E-state index in [0.717, 1.165) is 23.0 Å². The summed E-state index contributed by atoms with van der Waals surface area (Å²) in [6.45, 7) is 4.77. The topological polar surface area (TPSA) is 62.7 Å². The predicted octanol–water partition coefficient (Wildman–Crippen LogP) is 2.95. The Kier molecular flexibility index (Phi) is 3.02. The van der Waals surface area contributed by atoms with Crippen LogP contribution in [0.1, 0.15) is 23.0 Å². The minimum absolute atomic E-state index is 0.121. The summed E-state index contributed by atoms with van der Waals surface area (Å²) in [6.07, 6.45) is 1.61. The van der Waals surface area contributed by atoms with Crippen molar-refractivity contribution in [2.24, 2.45) is 0 Å². The molecule has 5 nitrogen and oxygen atoms in total. The molecule has 0 aliphatic rings. The van der Waals surface area contributed by atoms with Crippen LogP contribution >= 0.6 is 0 Å². The number of nitrogens with one attached hydrogen (secondary N) is 2. The normalized spacial score (nSPS) is 10.9. The summed E-state index contributed by atoms with van der Waals surface area (Å²) in [5.41, 5.74) is 2.78. The molecule has 0 spiro atoms. The van der Waals surface area contributed by atoms with Gasteiger partial charge in [-0.3, -0.25) is 9.89 Å². The van der Waals surface area contributed by atoms with E-state index in [4.69, 9.17) is 0 Å². The molecule has 5 heteroatoms. The van der Waals surface area contributed by atoms with Gasteiger partial charge in [0, 0.05) is 23.5 Å². The second-order valence-corrected chi connectivity index (χ2v) is 4.66. The lowest BCUT2D eigenvalue weighted by Gasteiger charge is -2.08. The zero-order chi connectivity index (χ0) is 14.1. The number of nitrogens with zero attached hydrogens (tertiary/aromatic N) is 2. The average molecular weight is 268 g/mol. The van der Waals surface area contributed by atoms with Crippen LogP contribution in [0.2, 0.25) is 0 Å². The van der Waals surface area contributed by atoms with E-state index in [2.05, 4.69) is 15.5 Å². The number of anilines is 1. The third kappa shape index (κ3) is 1.87. The van der Waals surface area contributed by atoms with Gasteiger partial charge in [-0.15, -0.1) is 0 Å². The highest BCUT2D eigenvalue weighted by atomic mass is 16.2. The Morgan fingerprint density at radius 3 is 2.85 bits per heavy atom. The van der Waals surface area contributed by atoms with Gasteiger partial charge < -0.3 is 9.88 Å². The highest BCUT2D eigenvalue weighted by Gasteiger charge is 2.19. The van der Waals surface area contributed by atoms with Crippen LogP contribution in [0, 0.1) is 6.92 Å². The molecule has 0 saturated carbocycles. The van der Waals surface area contributed by atoms with Crippen molar-refractivity contribution in [2.45, 2.75) is 20.4 Å². The van der Waals surface area contributed by atoms with Gasteiger partial charge in [-0.05, 0) is 25.5 Å². The van der Waals surface area contributed by atoms with Gasteiger partial charge in [-0.2, -0.15) is 5.10 Å². The second kappa shape index (κ2) is 4.85. The third-order valence-corrected chi connectivity index (χ3v) is 3.50. The smallest absolute Gasteiger partial charge is 0.273 e. The molecule has 2 aromatic heterocycles. The lowest BCUT2D eigenvalue weighted by Crippen LogP contribution is -2.18. The van der Waals surface area contributed by atoms with Crippen LogP contribution in [0.15, 0.2) is 36.5 Å². The number of aryl methyl sites for hydroxylation is 2. The van der Waals surface area contributed by atoms with Crippen LogP contribution < -0.4 is 5.32 Å². The number of hydrogen-bond donors (Lipinski definition) is 2. The third-order valence-electron chi connectivity index (χ3n) is 3.50. The zero-order valence-electron chi connectivity index (χ0n) is 11.5. The molecular formula is C15H16N4O.